The van der Waals surface area contributed by atoms with Crippen LogP contribution in [-0.4, -0.2) is 30.5 Å². The molecule has 0 bridgehead atoms. The van der Waals surface area contributed by atoms with Gasteiger partial charge in [0, 0.05) is 23.7 Å². The van der Waals surface area contributed by atoms with E-state index in [4.69, 9.17) is 0 Å². The van der Waals surface area contributed by atoms with Gasteiger partial charge in [-0.15, -0.1) is 0 Å². The Balaban J connectivity index is 1.66. The van der Waals surface area contributed by atoms with Gasteiger partial charge < -0.3 is 10.6 Å². The fraction of sp³-hybridized carbons (Fsp3) is 0.375. The summed E-state index contributed by atoms with van der Waals surface area (Å²) in [5.74, 6) is 0.694. The molecule has 0 saturated carbocycles. The zero-order chi connectivity index (χ0) is 13.8. The molecule has 1 fully saturated rings. The molecule has 1 atom stereocenters. The molecule has 1 aromatic carbocycles. The van der Waals surface area contributed by atoms with Gasteiger partial charge in [-0.3, -0.25) is 9.78 Å². The van der Waals surface area contributed by atoms with Crippen LogP contribution in [0, 0.1) is 5.92 Å². The molecule has 4 heteroatoms. The van der Waals surface area contributed by atoms with Crippen molar-refractivity contribution in [1.29, 1.82) is 0 Å². The first-order valence-electron chi connectivity index (χ1n) is 7.17. The van der Waals surface area contributed by atoms with Crippen molar-refractivity contribution in [1.82, 2.24) is 15.6 Å². The summed E-state index contributed by atoms with van der Waals surface area (Å²) >= 11 is 0. The second-order valence-electron chi connectivity index (χ2n) is 5.28. The highest BCUT2D eigenvalue weighted by atomic mass is 16.1. The Morgan fingerprint density at radius 1 is 1.35 bits per heavy atom. The van der Waals surface area contributed by atoms with Gasteiger partial charge in [-0.25, -0.2) is 0 Å². The number of fused-ring (bicyclic) bond motifs is 1. The van der Waals surface area contributed by atoms with Gasteiger partial charge in [-0.2, -0.15) is 0 Å². The predicted molar refractivity (Wildman–Crippen MR) is 79.7 cm³/mol. The molecule has 1 amide bonds. The average Bonchev–Trinajstić information content (AvgIpc) is 3.00. The van der Waals surface area contributed by atoms with Gasteiger partial charge in [0.1, 0.15) is 0 Å². The maximum atomic E-state index is 12.3. The van der Waals surface area contributed by atoms with E-state index in [1.807, 2.05) is 30.3 Å². The second kappa shape index (κ2) is 6.01. The fourth-order valence-electron chi connectivity index (χ4n) is 2.75. The first-order chi connectivity index (χ1) is 9.84. The number of hydrogen-bond donors (Lipinski definition) is 2. The van der Waals surface area contributed by atoms with Crippen molar-refractivity contribution in [2.45, 2.75) is 12.8 Å². The van der Waals surface area contributed by atoms with E-state index in [2.05, 4.69) is 15.6 Å². The number of carbonyl (C=O) groups excluding carboxylic acids is 1. The second-order valence-corrected chi connectivity index (χ2v) is 5.28. The fourth-order valence-corrected chi connectivity index (χ4v) is 2.75. The minimum absolute atomic E-state index is 0.00504. The number of amides is 1. The number of rotatable bonds is 4. The summed E-state index contributed by atoms with van der Waals surface area (Å²) < 4.78 is 0. The largest absolute Gasteiger partial charge is 0.352 e. The Morgan fingerprint density at radius 2 is 2.30 bits per heavy atom. The van der Waals surface area contributed by atoms with Gasteiger partial charge in [-0.1, -0.05) is 12.1 Å². The molecule has 20 heavy (non-hydrogen) atoms. The van der Waals surface area contributed by atoms with Crippen LogP contribution in [0.4, 0.5) is 0 Å². The molecule has 1 aliphatic rings. The van der Waals surface area contributed by atoms with Gasteiger partial charge >= 0.3 is 0 Å². The third kappa shape index (κ3) is 2.80. The van der Waals surface area contributed by atoms with Crippen molar-refractivity contribution in [2.75, 3.05) is 19.6 Å². The molecule has 2 aromatic rings. The third-order valence-corrected chi connectivity index (χ3v) is 3.89. The van der Waals surface area contributed by atoms with E-state index in [9.17, 15) is 4.79 Å². The molecule has 2 heterocycles. The Hall–Kier alpha value is -1.94. The van der Waals surface area contributed by atoms with Gasteiger partial charge in [0.15, 0.2) is 0 Å². The molecular formula is C16H19N3O. The van der Waals surface area contributed by atoms with E-state index in [1.54, 1.807) is 6.20 Å². The van der Waals surface area contributed by atoms with Gasteiger partial charge in [0.25, 0.3) is 5.91 Å². The molecule has 1 saturated heterocycles. The lowest BCUT2D eigenvalue weighted by molar-refractivity contribution is 0.0953. The number of nitrogens with zero attached hydrogens (tertiary/aromatic N) is 1. The van der Waals surface area contributed by atoms with Crippen LogP contribution in [0.1, 0.15) is 23.2 Å². The molecule has 2 N–H and O–H groups in total. The van der Waals surface area contributed by atoms with Crippen LogP contribution in [0.15, 0.2) is 36.5 Å². The summed E-state index contributed by atoms with van der Waals surface area (Å²) in [6, 6.07) is 9.47. The summed E-state index contributed by atoms with van der Waals surface area (Å²) in [6.07, 6.45) is 4.01. The molecular weight excluding hydrogens is 250 g/mol. The number of benzene rings is 1. The summed E-state index contributed by atoms with van der Waals surface area (Å²) in [5, 5.41) is 7.28. The molecule has 3 rings (SSSR count). The van der Waals surface area contributed by atoms with E-state index < -0.39 is 0 Å². The Morgan fingerprint density at radius 3 is 3.15 bits per heavy atom. The van der Waals surface area contributed by atoms with Crippen LogP contribution in [0.2, 0.25) is 0 Å². The predicted octanol–water partition coefficient (Wildman–Crippen LogP) is 1.96. The quantitative estimate of drug-likeness (QED) is 0.892. The van der Waals surface area contributed by atoms with Crippen molar-refractivity contribution < 1.29 is 4.79 Å². The highest BCUT2D eigenvalue weighted by Gasteiger charge is 2.15. The third-order valence-electron chi connectivity index (χ3n) is 3.89. The van der Waals surface area contributed by atoms with Gasteiger partial charge in [-0.05, 0) is 50.0 Å². The summed E-state index contributed by atoms with van der Waals surface area (Å²) in [6.45, 7) is 2.92. The Labute approximate surface area is 118 Å². The number of aromatic nitrogens is 1. The first kappa shape index (κ1) is 13.1. The van der Waals surface area contributed by atoms with Crippen LogP contribution in [0.25, 0.3) is 10.9 Å². The summed E-state index contributed by atoms with van der Waals surface area (Å²) in [4.78, 5) is 16.6. The lowest BCUT2D eigenvalue weighted by Gasteiger charge is -2.10. The number of carbonyl (C=O) groups is 1. The van der Waals surface area contributed by atoms with E-state index >= 15 is 0 Å². The maximum absolute atomic E-state index is 12.3. The molecule has 1 unspecified atom stereocenters. The lowest BCUT2D eigenvalue weighted by atomic mass is 10.0. The van der Waals surface area contributed by atoms with Crippen LogP contribution >= 0.6 is 0 Å². The number of nitrogens with one attached hydrogen (secondary N) is 2. The topological polar surface area (TPSA) is 54.0 Å². The lowest BCUT2D eigenvalue weighted by Crippen LogP contribution is -2.26. The van der Waals surface area contributed by atoms with Gasteiger partial charge in [0.2, 0.25) is 0 Å². The minimum Gasteiger partial charge on any atom is -0.352 e. The molecule has 104 valence electrons. The van der Waals surface area contributed by atoms with Crippen LogP contribution < -0.4 is 10.6 Å². The minimum atomic E-state index is -0.00504. The highest BCUT2D eigenvalue weighted by Crippen LogP contribution is 2.16. The van der Waals surface area contributed by atoms with Crippen molar-refractivity contribution in [2.24, 2.45) is 5.92 Å². The number of hydrogen-bond acceptors (Lipinski definition) is 3. The van der Waals surface area contributed by atoms with Gasteiger partial charge in [0.05, 0.1) is 5.52 Å². The van der Waals surface area contributed by atoms with E-state index in [1.165, 1.54) is 6.42 Å². The van der Waals surface area contributed by atoms with Crippen molar-refractivity contribution in [3.05, 3.63) is 42.1 Å². The van der Waals surface area contributed by atoms with Crippen LogP contribution in [-0.2, 0) is 0 Å². The normalized spacial score (nSPS) is 18.3. The van der Waals surface area contributed by atoms with Crippen molar-refractivity contribution in [3.8, 4) is 0 Å². The van der Waals surface area contributed by atoms with E-state index in [0.29, 0.717) is 11.5 Å². The van der Waals surface area contributed by atoms with Crippen molar-refractivity contribution in [3.63, 3.8) is 0 Å². The zero-order valence-electron chi connectivity index (χ0n) is 11.4. The highest BCUT2D eigenvalue weighted by molar-refractivity contribution is 6.06. The Bertz CT molecular complexity index is 600. The maximum Gasteiger partial charge on any atom is 0.251 e. The SMILES string of the molecule is O=C(NCCC1CCNC1)c1cccc2ncccc12. The zero-order valence-corrected chi connectivity index (χ0v) is 11.4. The molecule has 0 aliphatic carbocycles. The summed E-state index contributed by atoms with van der Waals surface area (Å²) in [5.41, 5.74) is 1.57. The van der Waals surface area contributed by atoms with E-state index in [-0.39, 0.29) is 5.91 Å². The molecule has 4 nitrogen and oxygen atoms in total. The standard InChI is InChI=1S/C16H19N3O/c20-16(19-10-7-12-6-9-17-11-12)14-3-1-5-15-13(14)4-2-8-18-15/h1-5,8,12,17H,6-7,9-11H2,(H,19,20). The summed E-state index contributed by atoms with van der Waals surface area (Å²) in [7, 11) is 0. The molecule has 0 radical (unpaired) electrons. The molecule has 1 aromatic heterocycles. The molecule has 0 spiro atoms. The average molecular weight is 269 g/mol. The molecule has 1 aliphatic heterocycles. The Kier molecular flexibility index (Phi) is 3.92. The first-order valence-corrected chi connectivity index (χ1v) is 7.17. The number of pyridine rings is 1. The monoisotopic (exact) mass is 269 g/mol. The van der Waals surface area contributed by atoms with Crippen LogP contribution in [0.3, 0.4) is 0 Å². The van der Waals surface area contributed by atoms with E-state index in [0.717, 1.165) is 37.0 Å². The van der Waals surface area contributed by atoms with Crippen molar-refractivity contribution >= 4 is 16.8 Å². The smallest absolute Gasteiger partial charge is 0.251 e. The van der Waals surface area contributed by atoms with Crippen LogP contribution in [0.5, 0.6) is 0 Å².